The van der Waals surface area contributed by atoms with Crippen LogP contribution >= 0.6 is 11.6 Å². The summed E-state index contributed by atoms with van der Waals surface area (Å²) in [5.74, 6) is 0.618. The Hall–Kier alpha value is -1.03. The molecule has 0 radical (unpaired) electrons. The highest BCUT2D eigenvalue weighted by Gasteiger charge is 2.21. The molecule has 0 unspecified atom stereocenters. The van der Waals surface area contributed by atoms with Gasteiger partial charge in [0, 0.05) is 12.6 Å². The largest absolute Gasteiger partial charge is 0.310 e. The summed E-state index contributed by atoms with van der Waals surface area (Å²) in [6, 6.07) is 0. The van der Waals surface area contributed by atoms with Crippen LogP contribution in [0.3, 0.4) is 0 Å². The van der Waals surface area contributed by atoms with E-state index in [1.165, 1.54) is 5.56 Å². The van der Waals surface area contributed by atoms with Crippen molar-refractivity contribution >= 4 is 23.3 Å². The number of nitrogens with zero attached hydrogens (tertiary/aromatic N) is 2. The molecule has 2 rings (SSSR count). The van der Waals surface area contributed by atoms with E-state index in [1.54, 1.807) is 4.68 Å². The van der Waals surface area contributed by atoms with Gasteiger partial charge in [-0.3, -0.25) is 9.48 Å². The minimum Gasteiger partial charge on any atom is -0.310 e. The summed E-state index contributed by atoms with van der Waals surface area (Å²) in [6.07, 6.45) is 3.14. The van der Waals surface area contributed by atoms with Crippen molar-refractivity contribution in [2.45, 2.75) is 19.3 Å². The van der Waals surface area contributed by atoms with Gasteiger partial charge in [0.1, 0.15) is 11.7 Å². The summed E-state index contributed by atoms with van der Waals surface area (Å²) in [6.45, 7) is 0. The normalized spacial score (nSPS) is 14.1. The van der Waals surface area contributed by atoms with Gasteiger partial charge in [0.25, 0.3) is 0 Å². The number of fused-ring (bicyclic) bond motifs is 1. The first-order valence-electron chi connectivity index (χ1n) is 4.63. The molecule has 1 aliphatic carbocycles. The SMILES string of the molecule is Cn1nc2c(c1NC(=O)CCl)CCC2. The van der Waals surface area contributed by atoms with E-state index < -0.39 is 0 Å². The van der Waals surface area contributed by atoms with Crippen LogP contribution in [0.1, 0.15) is 17.7 Å². The van der Waals surface area contributed by atoms with Crippen molar-refractivity contribution in [1.82, 2.24) is 9.78 Å². The third-order valence-electron chi connectivity index (χ3n) is 2.45. The summed E-state index contributed by atoms with van der Waals surface area (Å²) in [5, 5.41) is 7.11. The number of rotatable bonds is 2. The van der Waals surface area contributed by atoms with Crippen molar-refractivity contribution in [2.24, 2.45) is 7.05 Å². The van der Waals surface area contributed by atoms with Gasteiger partial charge in [0.15, 0.2) is 0 Å². The molecular formula is C9H12ClN3O. The predicted octanol–water partition coefficient (Wildman–Crippen LogP) is 1.09. The first-order chi connectivity index (χ1) is 6.72. The molecule has 0 saturated carbocycles. The maximum atomic E-state index is 11.1. The number of hydrogen-bond donors (Lipinski definition) is 1. The van der Waals surface area contributed by atoms with E-state index in [9.17, 15) is 4.79 Å². The lowest BCUT2D eigenvalue weighted by Crippen LogP contribution is -2.16. The fourth-order valence-electron chi connectivity index (χ4n) is 1.84. The second-order valence-electron chi connectivity index (χ2n) is 3.43. The van der Waals surface area contributed by atoms with Crippen molar-refractivity contribution in [3.63, 3.8) is 0 Å². The minimum atomic E-state index is -0.177. The first kappa shape index (κ1) is 9.52. The second kappa shape index (κ2) is 3.61. The van der Waals surface area contributed by atoms with E-state index in [2.05, 4.69) is 10.4 Å². The average Bonchev–Trinajstić information content (AvgIpc) is 2.70. The number of aryl methyl sites for hydroxylation is 2. The van der Waals surface area contributed by atoms with E-state index in [0.717, 1.165) is 30.8 Å². The number of amides is 1. The number of hydrogen-bond acceptors (Lipinski definition) is 2. The zero-order valence-electron chi connectivity index (χ0n) is 8.01. The van der Waals surface area contributed by atoms with Crippen LogP contribution in [-0.4, -0.2) is 21.6 Å². The fourth-order valence-corrected chi connectivity index (χ4v) is 1.91. The molecule has 0 bridgehead atoms. The van der Waals surface area contributed by atoms with Crippen LogP contribution in [0.4, 0.5) is 5.82 Å². The standard InChI is InChI=1S/C9H12ClN3O/c1-13-9(11-8(14)5-10)6-3-2-4-7(6)12-13/h2-5H2,1H3,(H,11,14). The van der Waals surface area contributed by atoms with Crippen molar-refractivity contribution < 1.29 is 4.79 Å². The summed E-state index contributed by atoms with van der Waals surface area (Å²) in [7, 11) is 1.84. The van der Waals surface area contributed by atoms with Crippen LogP contribution in [0.5, 0.6) is 0 Å². The molecule has 14 heavy (non-hydrogen) atoms. The Kier molecular flexibility index (Phi) is 2.46. The highest BCUT2D eigenvalue weighted by atomic mass is 35.5. The van der Waals surface area contributed by atoms with Gasteiger partial charge in [0.05, 0.1) is 5.69 Å². The van der Waals surface area contributed by atoms with Crippen LogP contribution in [0.25, 0.3) is 0 Å². The summed E-state index contributed by atoms with van der Waals surface area (Å²) >= 11 is 5.43. The number of halogens is 1. The Morgan fingerprint density at radius 1 is 1.64 bits per heavy atom. The first-order valence-corrected chi connectivity index (χ1v) is 5.16. The fraction of sp³-hybridized carbons (Fsp3) is 0.556. The number of alkyl halides is 1. The summed E-state index contributed by atoms with van der Waals surface area (Å²) in [5.41, 5.74) is 2.28. The molecule has 0 saturated heterocycles. The number of anilines is 1. The second-order valence-corrected chi connectivity index (χ2v) is 3.70. The van der Waals surface area contributed by atoms with Crippen molar-refractivity contribution in [3.8, 4) is 0 Å². The molecule has 1 N–H and O–H groups in total. The maximum Gasteiger partial charge on any atom is 0.240 e. The minimum absolute atomic E-state index is 0.0139. The maximum absolute atomic E-state index is 11.1. The molecule has 4 nitrogen and oxygen atoms in total. The molecule has 1 amide bonds. The molecule has 0 atom stereocenters. The molecule has 1 aromatic heterocycles. The lowest BCUT2D eigenvalue weighted by molar-refractivity contribution is -0.114. The average molecular weight is 214 g/mol. The zero-order chi connectivity index (χ0) is 10.1. The van der Waals surface area contributed by atoms with Gasteiger partial charge in [-0.2, -0.15) is 5.10 Å². The highest BCUT2D eigenvalue weighted by molar-refractivity contribution is 6.29. The molecule has 76 valence electrons. The quantitative estimate of drug-likeness (QED) is 0.748. The molecule has 5 heteroatoms. The van der Waals surface area contributed by atoms with Gasteiger partial charge >= 0.3 is 0 Å². The van der Waals surface area contributed by atoms with Crippen LogP contribution in [0.15, 0.2) is 0 Å². The van der Waals surface area contributed by atoms with Crippen molar-refractivity contribution in [1.29, 1.82) is 0 Å². The van der Waals surface area contributed by atoms with E-state index in [0.29, 0.717) is 0 Å². The van der Waals surface area contributed by atoms with E-state index >= 15 is 0 Å². The Labute approximate surface area is 87.2 Å². The van der Waals surface area contributed by atoms with E-state index in [1.807, 2.05) is 7.05 Å². The smallest absolute Gasteiger partial charge is 0.240 e. The number of aromatic nitrogens is 2. The van der Waals surface area contributed by atoms with Crippen LogP contribution in [0, 0.1) is 0 Å². The summed E-state index contributed by atoms with van der Waals surface area (Å²) in [4.78, 5) is 11.1. The van der Waals surface area contributed by atoms with Gasteiger partial charge in [-0.1, -0.05) is 0 Å². The topological polar surface area (TPSA) is 46.9 Å². The zero-order valence-corrected chi connectivity index (χ0v) is 8.76. The van der Waals surface area contributed by atoms with Gasteiger partial charge in [-0.15, -0.1) is 11.6 Å². The molecule has 0 fully saturated rings. The Bertz CT molecular complexity index is 372. The lowest BCUT2D eigenvalue weighted by atomic mass is 10.2. The van der Waals surface area contributed by atoms with Crippen molar-refractivity contribution in [3.05, 3.63) is 11.3 Å². The Balaban J connectivity index is 2.28. The van der Waals surface area contributed by atoms with Gasteiger partial charge < -0.3 is 5.32 Å². The Morgan fingerprint density at radius 3 is 3.14 bits per heavy atom. The molecular weight excluding hydrogens is 202 g/mol. The third kappa shape index (κ3) is 1.50. The van der Waals surface area contributed by atoms with E-state index in [4.69, 9.17) is 11.6 Å². The van der Waals surface area contributed by atoms with Crippen LogP contribution in [0.2, 0.25) is 0 Å². The number of carbonyl (C=O) groups is 1. The van der Waals surface area contributed by atoms with Gasteiger partial charge in [-0.05, 0) is 19.3 Å². The third-order valence-corrected chi connectivity index (χ3v) is 2.69. The predicted molar refractivity (Wildman–Crippen MR) is 54.6 cm³/mol. The number of nitrogens with one attached hydrogen (secondary N) is 1. The number of carbonyl (C=O) groups excluding carboxylic acids is 1. The van der Waals surface area contributed by atoms with Gasteiger partial charge in [-0.25, -0.2) is 0 Å². The highest BCUT2D eigenvalue weighted by Crippen LogP contribution is 2.27. The monoisotopic (exact) mass is 213 g/mol. The molecule has 1 aliphatic rings. The molecule has 0 aliphatic heterocycles. The lowest BCUT2D eigenvalue weighted by Gasteiger charge is -2.05. The molecule has 1 heterocycles. The Morgan fingerprint density at radius 2 is 2.43 bits per heavy atom. The molecule has 0 aromatic carbocycles. The van der Waals surface area contributed by atoms with E-state index in [-0.39, 0.29) is 11.8 Å². The van der Waals surface area contributed by atoms with Crippen LogP contribution < -0.4 is 5.32 Å². The summed E-state index contributed by atoms with van der Waals surface area (Å²) < 4.78 is 1.72. The van der Waals surface area contributed by atoms with Crippen LogP contribution in [-0.2, 0) is 24.7 Å². The molecule has 1 aromatic rings. The molecule has 0 spiro atoms. The van der Waals surface area contributed by atoms with Gasteiger partial charge in [0.2, 0.25) is 5.91 Å². The van der Waals surface area contributed by atoms with Crippen molar-refractivity contribution in [2.75, 3.05) is 11.2 Å².